The minimum Gasteiger partial charge on any atom is -0.481 e. The Bertz CT molecular complexity index is 650. The first-order valence-electron chi connectivity index (χ1n) is 5.69. The van der Waals surface area contributed by atoms with E-state index in [9.17, 15) is 18.0 Å². The van der Waals surface area contributed by atoms with E-state index >= 15 is 0 Å². The molecule has 0 saturated carbocycles. The zero-order valence-electron chi connectivity index (χ0n) is 10.2. The average Bonchev–Trinajstić information content (AvgIpc) is 2.29. The quantitative estimate of drug-likeness (QED) is 0.860. The number of aryl methyl sites for hydroxylation is 1. The summed E-state index contributed by atoms with van der Waals surface area (Å²) in [5.41, 5.74) is 1.01. The van der Waals surface area contributed by atoms with Crippen molar-refractivity contribution >= 4 is 27.4 Å². The molecule has 0 bridgehead atoms. The SMILES string of the molecule is Cc1ccc2c(c1)S(=O)(=O)C(CCC(=O)O)C(=O)N2. The summed E-state index contributed by atoms with van der Waals surface area (Å²) in [7, 11) is -3.83. The molecule has 1 atom stereocenters. The van der Waals surface area contributed by atoms with Gasteiger partial charge in [-0.3, -0.25) is 9.59 Å². The number of anilines is 1. The van der Waals surface area contributed by atoms with Gasteiger partial charge in [-0.2, -0.15) is 0 Å². The topological polar surface area (TPSA) is 101 Å². The molecular weight excluding hydrogens is 270 g/mol. The zero-order chi connectivity index (χ0) is 14.2. The maximum atomic E-state index is 12.3. The van der Waals surface area contributed by atoms with Gasteiger partial charge in [-0.15, -0.1) is 0 Å². The highest BCUT2D eigenvalue weighted by molar-refractivity contribution is 7.93. The molecule has 1 heterocycles. The number of hydrogen-bond donors (Lipinski definition) is 2. The molecule has 6 nitrogen and oxygen atoms in total. The number of nitrogens with one attached hydrogen (secondary N) is 1. The Morgan fingerprint density at radius 1 is 1.42 bits per heavy atom. The summed E-state index contributed by atoms with van der Waals surface area (Å²) in [5, 5.41) is 9.78. The van der Waals surface area contributed by atoms with Gasteiger partial charge in [-0.1, -0.05) is 6.07 Å². The van der Waals surface area contributed by atoms with E-state index < -0.39 is 27.0 Å². The number of aliphatic carboxylic acids is 1. The Morgan fingerprint density at radius 3 is 2.74 bits per heavy atom. The van der Waals surface area contributed by atoms with Crippen LogP contribution >= 0.6 is 0 Å². The number of amides is 1. The number of fused-ring (bicyclic) bond motifs is 1. The summed E-state index contributed by atoms with van der Waals surface area (Å²) in [5.74, 6) is -1.80. The molecule has 0 fully saturated rings. The summed E-state index contributed by atoms with van der Waals surface area (Å²) in [4.78, 5) is 22.4. The molecule has 2 rings (SSSR count). The van der Waals surface area contributed by atoms with Gasteiger partial charge in [0.25, 0.3) is 0 Å². The second-order valence-electron chi connectivity index (χ2n) is 4.45. The van der Waals surface area contributed by atoms with Crippen molar-refractivity contribution in [1.29, 1.82) is 0 Å². The molecule has 0 saturated heterocycles. The Labute approximate surface area is 110 Å². The number of carbonyl (C=O) groups is 2. The van der Waals surface area contributed by atoms with E-state index in [0.717, 1.165) is 5.56 Å². The number of carbonyl (C=O) groups excluding carboxylic acids is 1. The molecule has 0 spiro atoms. The maximum Gasteiger partial charge on any atom is 0.303 e. The lowest BCUT2D eigenvalue weighted by Gasteiger charge is -2.24. The number of rotatable bonds is 3. The Kier molecular flexibility index (Phi) is 3.32. The van der Waals surface area contributed by atoms with Crippen molar-refractivity contribution in [3.05, 3.63) is 23.8 Å². The molecule has 1 unspecified atom stereocenters. The number of carboxylic acid groups (broad SMARTS) is 1. The van der Waals surface area contributed by atoms with Crippen LogP contribution in [0.5, 0.6) is 0 Å². The van der Waals surface area contributed by atoms with Gasteiger partial charge in [0.15, 0.2) is 9.84 Å². The van der Waals surface area contributed by atoms with Crippen LogP contribution in [0.25, 0.3) is 0 Å². The monoisotopic (exact) mass is 283 g/mol. The van der Waals surface area contributed by atoms with Crippen molar-refractivity contribution in [3.63, 3.8) is 0 Å². The van der Waals surface area contributed by atoms with Gasteiger partial charge >= 0.3 is 5.97 Å². The second kappa shape index (κ2) is 4.65. The predicted molar refractivity (Wildman–Crippen MR) is 67.7 cm³/mol. The average molecular weight is 283 g/mol. The molecule has 1 aromatic rings. The minimum atomic E-state index is -3.83. The number of sulfone groups is 1. The largest absolute Gasteiger partial charge is 0.481 e. The Morgan fingerprint density at radius 2 is 2.11 bits per heavy atom. The van der Waals surface area contributed by atoms with Crippen LogP contribution in [0.3, 0.4) is 0 Å². The van der Waals surface area contributed by atoms with E-state index in [1.807, 2.05) is 0 Å². The third-order valence-electron chi connectivity index (χ3n) is 2.99. The molecule has 0 aliphatic carbocycles. The van der Waals surface area contributed by atoms with Gasteiger partial charge in [0.2, 0.25) is 5.91 Å². The van der Waals surface area contributed by atoms with Crippen molar-refractivity contribution in [2.24, 2.45) is 0 Å². The van der Waals surface area contributed by atoms with Crippen LogP contribution in [-0.4, -0.2) is 30.7 Å². The number of carboxylic acids is 1. The Balaban J connectivity index is 2.45. The lowest BCUT2D eigenvalue weighted by atomic mass is 10.2. The van der Waals surface area contributed by atoms with Gasteiger partial charge in [0.1, 0.15) is 5.25 Å². The van der Waals surface area contributed by atoms with Gasteiger partial charge < -0.3 is 10.4 Å². The van der Waals surface area contributed by atoms with E-state index in [0.29, 0.717) is 0 Å². The minimum absolute atomic E-state index is 0.0579. The van der Waals surface area contributed by atoms with E-state index in [2.05, 4.69) is 5.32 Å². The van der Waals surface area contributed by atoms with Crippen molar-refractivity contribution in [3.8, 4) is 0 Å². The van der Waals surface area contributed by atoms with E-state index in [-0.39, 0.29) is 23.4 Å². The molecule has 7 heteroatoms. The molecule has 102 valence electrons. The molecule has 1 amide bonds. The van der Waals surface area contributed by atoms with Crippen LogP contribution in [0.15, 0.2) is 23.1 Å². The number of hydrogen-bond acceptors (Lipinski definition) is 4. The van der Waals surface area contributed by atoms with Crippen LogP contribution < -0.4 is 5.32 Å². The summed E-state index contributed by atoms with van der Waals surface area (Å²) < 4.78 is 24.7. The van der Waals surface area contributed by atoms with Crippen LogP contribution in [0, 0.1) is 6.92 Å². The van der Waals surface area contributed by atoms with Crippen LogP contribution in [0.4, 0.5) is 5.69 Å². The van der Waals surface area contributed by atoms with Gasteiger partial charge in [0.05, 0.1) is 10.6 Å². The van der Waals surface area contributed by atoms with Crippen LogP contribution in [-0.2, 0) is 19.4 Å². The van der Waals surface area contributed by atoms with Gasteiger partial charge in [0, 0.05) is 6.42 Å². The van der Waals surface area contributed by atoms with Gasteiger partial charge in [-0.05, 0) is 31.0 Å². The molecule has 2 N–H and O–H groups in total. The van der Waals surface area contributed by atoms with Crippen molar-refractivity contribution in [2.45, 2.75) is 29.9 Å². The third kappa shape index (κ3) is 2.46. The highest BCUT2D eigenvalue weighted by atomic mass is 32.2. The van der Waals surface area contributed by atoms with Gasteiger partial charge in [-0.25, -0.2) is 8.42 Å². The van der Waals surface area contributed by atoms with E-state index in [1.165, 1.54) is 12.1 Å². The highest BCUT2D eigenvalue weighted by Gasteiger charge is 2.40. The molecule has 1 aliphatic rings. The van der Waals surface area contributed by atoms with Crippen LogP contribution in [0.1, 0.15) is 18.4 Å². The first kappa shape index (κ1) is 13.5. The fourth-order valence-corrected chi connectivity index (χ4v) is 3.87. The van der Waals surface area contributed by atoms with E-state index in [1.54, 1.807) is 13.0 Å². The lowest BCUT2D eigenvalue weighted by molar-refractivity contribution is -0.137. The zero-order valence-corrected chi connectivity index (χ0v) is 11.0. The fourth-order valence-electron chi connectivity index (χ4n) is 2.02. The highest BCUT2D eigenvalue weighted by Crippen LogP contribution is 2.32. The summed E-state index contributed by atoms with van der Waals surface area (Å²) in [6, 6.07) is 4.72. The van der Waals surface area contributed by atoms with Crippen molar-refractivity contribution in [1.82, 2.24) is 0 Å². The van der Waals surface area contributed by atoms with Crippen molar-refractivity contribution in [2.75, 3.05) is 5.32 Å². The summed E-state index contributed by atoms with van der Waals surface area (Å²) in [6.07, 6.45) is -0.588. The molecule has 0 radical (unpaired) electrons. The summed E-state index contributed by atoms with van der Waals surface area (Å²) >= 11 is 0. The predicted octanol–water partition coefficient (Wildman–Crippen LogP) is 0.954. The maximum absolute atomic E-state index is 12.3. The van der Waals surface area contributed by atoms with Crippen molar-refractivity contribution < 1.29 is 23.1 Å². The first-order chi connectivity index (χ1) is 8.82. The first-order valence-corrected chi connectivity index (χ1v) is 7.24. The lowest BCUT2D eigenvalue weighted by Crippen LogP contribution is -2.40. The molecule has 19 heavy (non-hydrogen) atoms. The smallest absolute Gasteiger partial charge is 0.303 e. The molecule has 1 aliphatic heterocycles. The number of benzene rings is 1. The molecular formula is C12H13NO5S. The van der Waals surface area contributed by atoms with Crippen LogP contribution in [0.2, 0.25) is 0 Å². The normalized spacial score (nSPS) is 20.5. The molecule has 1 aromatic carbocycles. The molecule has 0 aromatic heterocycles. The van der Waals surface area contributed by atoms with E-state index in [4.69, 9.17) is 5.11 Å². The summed E-state index contributed by atoms with van der Waals surface area (Å²) in [6.45, 7) is 1.75. The third-order valence-corrected chi connectivity index (χ3v) is 5.14. The standard InChI is InChI=1S/C12H13NO5S/c1-7-2-3-8-10(6-7)19(17,18)9(12(16)13-8)4-5-11(14)15/h2-3,6,9H,4-5H2,1H3,(H,13,16)(H,14,15). The Hall–Kier alpha value is -1.89. The fraction of sp³-hybridized carbons (Fsp3) is 0.333. The second-order valence-corrected chi connectivity index (χ2v) is 6.55.